The van der Waals surface area contributed by atoms with Crippen LogP contribution in [0.3, 0.4) is 0 Å². The number of piperidine rings is 1. The minimum atomic E-state index is -3.87. The molecule has 8 heteroatoms. The van der Waals surface area contributed by atoms with E-state index in [1.54, 1.807) is 5.48 Å². The van der Waals surface area contributed by atoms with Crippen LogP contribution in [0.25, 0.3) is 0 Å². The lowest BCUT2D eigenvalue weighted by Gasteiger charge is -2.39. The molecule has 2 N–H and O–H groups in total. The van der Waals surface area contributed by atoms with Crippen LogP contribution in [0.2, 0.25) is 0 Å². The lowest BCUT2D eigenvalue weighted by atomic mass is 9.96. The molecule has 1 rings (SSSR count). The summed E-state index contributed by atoms with van der Waals surface area (Å²) in [5.74, 6) is -0.819. The number of nitrogens with zero attached hydrogens (tertiary/aromatic N) is 1. The van der Waals surface area contributed by atoms with Crippen molar-refractivity contribution in [2.45, 2.75) is 95.8 Å². The van der Waals surface area contributed by atoms with E-state index in [1.165, 1.54) is 17.1 Å². The molecular weight excluding hydrogens is 368 g/mol. The van der Waals surface area contributed by atoms with Crippen molar-refractivity contribution in [2.75, 3.05) is 19.7 Å². The number of sulfonamides is 1. The topological polar surface area (TPSA) is 95.9 Å². The van der Waals surface area contributed by atoms with E-state index < -0.39 is 20.7 Å². The van der Waals surface area contributed by atoms with Crippen molar-refractivity contribution in [1.29, 1.82) is 0 Å². The second-order valence-corrected chi connectivity index (χ2v) is 9.72. The van der Waals surface area contributed by atoms with Gasteiger partial charge in [0.25, 0.3) is 5.91 Å². The molecule has 0 atom stereocenters. The molecule has 0 bridgehead atoms. The normalized spacial score (nSPS) is 17.2. The van der Waals surface area contributed by atoms with Crippen LogP contribution in [0.5, 0.6) is 0 Å². The van der Waals surface area contributed by atoms with E-state index in [2.05, 4.69) is 6.92 Å². The van der Waals surface area contributed by atoms with E-state index >= 15 is 0 Å². The summed E-state index contributed by atoms with van der Waals surface area (Å²) in [6, 6.07) is 0. The number of rotatable bonds is 13. The number of ether oxygens (including phenoxy) is 1. The molecule has 0 radical (unpaired) electrons. The highest BCUT2D eigenvalue weighted by Gasteiger charge is 2.52. The minimum absolute atomic E-state index is 0.0801. The van der Waals surface area contributed by atoms with Crippen LogP contribution in [0.4, 0.5) is 0 Å². The molecule has 0 aliphatic carbocycles. The van der Waals surface area contributed by atoms with Crippen LogP contribution >= 0.6 is 0 Å². The molecule has 1 saturated heterocycles. The van der Waals surface area contributed by atoms with Crippen LogP contribution in [0.1, 0.15) is 85.0 Å². The zero-order chi connectivity index (χ0) is 20.3. The molecule has 0 unspecified atom stereocenters. The monoisotopic (exact) mass is 406 g/mol. The van der Waals surface area contributed by atoms with E-state index in [4.69, 9.17) is 4.74 Å². The first-order chi connectivity index (χ1) is 12.9. The lowest BCUT2D eigenvalue weighted by Crippen LogP contribution is -2.58. The van der Waals surface area contributed by atoms with E-state index in [0.717, 1.165) is 19.4 Å². The zero-order valence-electron chi connectivity index (χ0n) is 17.2. The van der Waals surface area contributed by atoms with Crippen molar-refractivity contribution in [3.8, 4) is 0 Å². The molecule has 0 aromatic rings. The van der Waals surface area contributed by atoms with Crippen LogP contribution in [-0.2, 0) is 19.6 Å². The van der Waals surface area contributed by atoms with Crippen molar-refractivity contribution in [3.05, 3.63) is 0 Å². The SMILES string of the molecule is CCCCCCOC1CCN(S(=O)(=O)C(CCC)(CCC)C(=O)NO)CC1. The van der Waals surface area contributed by atoms with Gasteiger partial charge < -0.3 is 4.74 Å². The van der Waals surface area contributed by atoms with Crippen molar-refractivity contribution < 1.29 is 23.2 Å². The predicted molar refractivity (Wildman–Crippen MR) is 106 cm³/mol. The minimum Gasteiger partial charge on any atom is -0.378 e. The van der Waals surface area contributed by atoms with Gasteiger partial charge in [0.1, 0.15) is 0 Å². The number of carbonyl (C=O) groups excluding carboxylic acids is 1. The van der Waals surface area contributed by atoms with Gasteiger partial charge in [-0.3, -0.25) is 10.0 Å². The second kappa shape index (κ2) is 12.0. The Kier molecular flexibility index (Phi) is 10.8. The summed E-state index contributed by atoms with van der Waals surface area (Å²) in [5.41, 5.74) is 1.60. The van der Waals surface area contributed by atoms with Gasteiger partial charge in [-0.05, 0) is 32.1 Å². The standard InChI is InChI=1S/C19H38N2O5S/c1-4-7-8-9-16-26-17-10-14-21(15-11-17)27(24,25)19(12-5-2,13-6-3)18(22)20-23/h17,23H,4-16H2,1-3H3,(H,20,22). The van der Waals surface area contributed by atoms with Gasteiger partial charge in [-0.2, -0.15) is 0 Å². The molecule has 0 aromatic carbocycles. The first kappa shape index (κ1) is 24.3. The molecule has 1 fully saturated rings. The Morgan fingerprint density at radius 2 is 1.67 bits per heavy atom. The van der Waals surface area contributed by atoms with Gasteiger partial charge in [0.2, 0.25) is 10.0 Å². The third-order valence-corrected chi connectivity index (χ3v) is 8.04. The smallest absolute Gasteiger partial charge is 0.266 e. The van der Waals surface area contributed by atoms with Gasteiger partial charge in [-0.15, -0.1) is 0 Å². The highest BCUT2D eigenvalue weighted by molar-refractivity contribution is 7.91. The maximum Gasteiger partial charge on any atom is 0.266 e. The van der Waals surface area contributed by atoms with Crippen LogP contribution < -0.4 is 5.48 Å². The van der Waals surface area contributed by atoms with Crippen molar-refractivity contribution in [2.24, 2.45) is 0 Å². The second-order valence-electron chi connectivity index (χ2n) is 7.47. The molecule has 27 heavy (non-hydrogen) atoms. The Balaban J connectivity index is 2.75. The molecule has 1 aliphatic rings. The summed E-state index contributed by atoms with van der Waals surface area (Å²) in [7, 11) is -3.87. The van der Waals surface area contributed by atoms with E-state index in [1.807, 2.05) is 13.8 Å². The maximum atomic E-state index is 13.3. The number of hydrogen-bond donors (Lipinski definition) is 2. The molecule has 1 amide bonds. The summed E-state index contributed by atoms with van der Waals surface area (Å²) in [4.78, 5) is 12.4. The number of amides is 1. The van der Waals surface area contributed by atoms with Gasteiger partial charge in [0.15, 0.2) is 4.75 Å². The fraction of sp³-hybridized carbons (Fsp3) is 0.947. The summed E-state index contributed by atoms with van der Waals surface area (Å²) >= 11 is 0. The fourth-order valence-corrected chi connectivity index (χ4v) is 6.29. The zero-order valence-corrected chi connectivity index (χ0v) is 18.0. The molecule has 0 spiro atoms. The van der Waals surface area contributed by atoms with E-state index in [9.17, 15) is 18.4 Å². The largest absolute Gasteiger partial charge is 0.378 e. The molecular formula is C19H38N2O5S. The lowest BCUT2D eigenvalue weighted by molar-refractivity contribution is -0.132. The third kappa shape index (κ3) is 6.14. The number of hydrogen-bond acceptors (Lipinski definition) is 5. The summed E-state index contributed by atoms with van der Waals surface area (Å²) < 4.78 is 32.4. The van der Waals surface area contributed by atoms with Crippen molar-refractivity contribution in [1.82, 2.24) is 9.79 Å². The summed E-state index contributed by atoms with van der Waals surface area (Å²) in [5, 5.41) is 9.18. The molecule has 0 aromatic heterocycles. The molecule has 1 heterocycles. The molecule has 7 nitrogen and oxygen atoms in total. The van der Waals surface area contributed by atoms with Gasteiger partial charge in [-0.25, -0.2) is 18.2 Å². The van der Waals surface area contributed by atoms with E-state index in [0.29, 0.717) is 38.8 Å². The summed E-state index contributed by atoms with van der Waals surface area (Å²) in [6.07, 6.45) is 7.45. The van der Waals surface area contributed by atoms with Gasteiger partial charge in [0, 0.05) is 19.7 Å². The Labute approximate surface area is 164 Å². The first-order valence-corrected chi connectivity index (χ1v) is 11.9. The van der Waals surface area contributed by atoms with Crippen LogP contribution in [0.15, 0.2) is 0 Å². The average molecular weight is 407 g/mol. The Bertz CT molecular complexity index is 524. The third-order valence-electron chi connectivity index (χ3n) is 5.41. The number of hydroxylamine groups is 1. The van der Waals surface area contributed by atoms with Gasteiger partial charge in [-0.1, -0.05) is 52.9 Å². The summed E-state index contributed by atoms with van der Waals surface area (Å²) in [6.45, 7) is 7.31. The van der Waals surface area contributed by atoms with Crippen LogP contribution in [-0.4, -0.2) is 54.4 Å². The van der Waals surface area contributed by atoms with Crippen LogP contribution in [0, 0.1) is 0 Å². The van der Waals surface area contributed by atoms with Gasteiger partial charge in [0.05, 0.1) is 6.10 Å². The molecule has 0 saturated carbocycles. The highest BCUT2D eigenvalue weighted by atomic mass is 32.2. The number of unbranched alkanes of at least 4 members (excludes halogenated alkanes) is 3. The quantitative estimate of drug-likeness (QED) is 0.278. The first-order valence-electron chi connectivity index (χ1n) is 10.4. The molecule has 160 valence electrons. The maximum absolute atomic E-state index is 13.3. The number of carbonyl (C=O) groups is 1. The average Bonchev–Trinajstić information content (AvgIpc) is 2.67. The Morgan fingerprint density at radius 1 is 1.07 bits per heavy atom. The fourth-order valence-electron chi connectivity index (χ4n) is 3.90. The Hall–Kier alpha value is -0.700. The van der Waals surface area contributed by atoms with Crippen molar-refractivity contribution in [3.63, 3.8) is 0 Å². The number of nitrogens with one attached hydrogen (secondary N) is 1. The Morgan fingerprint density at radius 3 is 2.15 bits per heavy atom. The van der Waals surface area contributed by atoms with Crippen molar-refractivity contribution >= 4 is 15.9 Å². The highest BCUT2D eigenvalue weighted by Crippen LogP contribution is 2.34. The predicted octanol–water partition coefficient (Wildman–Crippen LogP) is 3.22. The molecule has 1 aliphatic heterocycles. The van der Waals surface area contributed by atoms with Gasteiger partial charge >= 0.3 is 0 Å². The van der Waals surface area contributed by atoms with E-state index in [-0.39, 0.29) is 18.9 Å².